The van der Waals surface area contributed by atoms with E-state index in [2.05, 4.69) is 30.2 Å². The minimum Gasteiger partial charge on any atom is -0.388 e. The van der Waals surface area contributed by atoms with E-state index < -0.39 is 5.60 Å². The second-order valence-corrected chi connectivity index (χ2v) is 8.65. The van der Waals surface area contributed by atoms with Crippen LogP contribution in [-0.2, 0) is 9.53 Å². The van der Waals surface area contributed by atoms with Gasteiger partial charge in [-0.05, 0) is 32.6 Å². The maximum atomic E-state index is 12.1. The van der Waals surface area contributed by atoms with Crippen LogP contribution in [0.25, 0.3) is 11.2 Å². The minimum absolute atomic E-state index is 0.0481. The number of carbonyl (C=O) groups excluding carboxylic acids is 1. The highest BCUT2D eigenvalue weighted by atomic mass is 16.5. The molecule has 5 rings (SSSR count). The molecule has 2 aromatic rings. The summed E-state index contributed by atoms with van der Waals surface area (Å²) in [5.41, 5.74) is 0.173. The number of aromatic nitrogens is 4. The Morgan fingerprint density at radius 2 is 2.11 bits per heavy atom. The Bertz CT molecular complexity index is 885. The molecule has 0 bridgehead atoms. The number of hydrogen-bond acceptors (Lipinski definition) is 7. The van der Waals surface area contributed by atoms with E-state index in [1.807, 2.05) is 6.92 Å². The van der Waals surface area contributed by atoms with Crippen molar-refractivity contribution in [3.8, 4) is 0 Å². The summed E-state index contributed by atoms with van der Waals surface area (Å²) in [7, 11) is 0. The zero-order valence-corrected chi connectivity index (χ0v) is 16.0. The number of amides is 1. The van der Waals surface area contributed by atoms with Crippen molar-refractivity contribution < 1.29 is 14.6 Å². The number of aromatic amines is 1. The lowest BCUT2D eigenvalue weighted by atomic mass is 9.75. The number of hydrogen-bond donors (Lipinski definition) is 3. The smallest absolute Gasteiger partial charge is 0.223 e. The molecule has 1 amide bonds. The molecule has 0 unspecified atom stereocenters. The van der Waals surface area contributed by atoms with Crippen molar-refractivity contribution in [2.75, 3.05) is 24.6 Å². The van der Waals surface area contributed by atoms with Crippen molar-refractivity contribution in [1.29, 1.82) is 0 Å². The molecule has 3 N–H and O–H groups in total. The third kappa shape index (κ3) is 3.12. The molecule has 1 aliphatic carbocycles. The zero-order valence-electron chi connectivity index (χ0n) is 16.0. The molecule has 2 atom stereocenters. The summed E-state index contributed by atoms with van der Waals surface area (Å²) in [5, 5.41) is 14.0. The number of fused-ring (bicyclic) bond motifs is 1. The third-order valence-corrected chi connectivity index (χ3v) is 6.43. The van der Waals surface area contributed by atoms with Crippen LogP contribution in [0.5, 0.6) is 0 Å². The first kappa shape index (κ1) is 17.8. The van der Waals surface area contributed by atoms with Gasteiger partial charge in [-0.3, -0.25) is 4.79 Å². The monoisotopic (exact) mass is 386 g/mol. The summed E-state index contributed by atoms with van der Waals surface area (Å²) in [6.07, 6.45) is 7.19. The van der Waals surface area contributed by atoms with Gasteiger partial charge in [-0.2, -0.15) is 0 Å². The van der Waals surface area contributed by atoms with Gasteiger partial charge in [-0.1, -0.05) is 0 Å². The SMILES string of the molecule is C[C@]1(O)CC2(CCN(c3ncnc4nc[nH]c34)CC2)OC[C@@H]1NC(=O)C1CC1. The van der Waals surface area contributed by atoms with Gasteiger partial charge in [0.05, 0.1) is 30.2 Å². The van der Waals surface area contributed by atoms with Crippen LogP contribution in [-0.4, -0.2) is 67.9 Å². The summed E-state index contributed by atoms with van der Waals surface area (Å²) in [4.78, 5) is 30.3. The molecule has 1 saturated carbocycles. The number of aliphatic hydroxyl groups is 1. The van der Waals surface area contributed by atoms with Crippen molar-refractivity contribution in [3.05, 3.63) is 12.7 Å². The van der Waals surface area contributed by atoms with Gasteiger partial charge in [-0.25, -0.2) is 15.0 Å². The quantitative estimate of drug-likeness (QED) is 0.713. The molecular formula is C19H26N6O3. The van der Waals surface area contributed by atoms with Gasteiger partial charge >= 0.3 is 0 Å². The normalized spacial score (nSPS) is 29.9. The average Bonchev–Trinajstić information content (AvgIpc) is 3.41. The number of rotatable bonds is 3. The fourth-order valence-electron chi connectivity index (χ4n) is 4.54. The number of carbonyl (C=O) groups is 1. The zero-order chi connectivity index (χ0) is 19.4. The Kier molecular flexibility index (Phi) is 4.06. The lowest BCUT2D eigenvalue weighted by molar-refractivity contribution is -0.181. The van der Waals surface area contributed by atoms with E-state index in [-0.39, 0.29) is 23.5 Å². The summed E-state index contributed by atoms with van der Waals surface area (Å²) in [6.45, 7) is 3.73. The van der Waals surface area contributed by atoms with Crippen LogP contribution < -0.4 is 10.2 Å². The van der Waals surface area contributed by atoms with Crippen LogP contribution in [0.1, 0.15) is 39.0 Å². The largest absolute Gasteiger partial charge is 0.388 e. The molecule has 3 aliphatic rings. The van der Waals surface area contributed by atoms with Crippen LogP contribution in [0.2, 0.25) is 0 Å². The third-order valence-electron chi connectivity index (χ3n) is 6.43. The van der Waals surface area contributed by atoms with Gasteiger partial charge in [0.1, 0.15) is 11.8 Å². The van der Waals surface area contributed by atoms with E-state index in [0.717, 1.165) is 50.1 Å². The summed E-state index contributed by atoms with van der Waals surface area (Å²) < 4.78 is 6.26. The van der Waals surface area contributed by atoms with Crippen LogP contribution in [0.15, 0.2) is 12.7 Å². The fraction of sp³-hybridized carbons (Fsp3) is 0.684. The van der Waals surface area contributed by atoms with Crippen molar-refractivity contribution in [3.63, 3.8) is 0 Å². The molecule has 150 valence electrons. The molecule has 4 heterocycles. The first-order chi connectivity index (χ1) is 13.5. The Balaban J connectivity index is 1.26. The number of H-pyrrole nitrogens is 1. The Morgan fingerprint density at radius 3 is 2.82 bits per heavy atom. The maximum Gasteiger partial charge on any atom is 0.223 e. The first-order valence-corrected chi connectivity index (χ1v) is 10.0. The molecule has 28 heavy (non-hydrogen) atoms. The highest BCUT2D eigenvalue weighted by Gasteiger charge is 2.50. The number of imidazole rings is 1. The molecule has 2 aromatic heterocycles. The van der Waals surface area contributed by atoms with Gasteiger partial charge in [-0.15, -0.1) is 0 Å². The minimum atomic E-state index is -0.976. The van der Waals surface area contributed by atoms with E-state index in [1.165, 1.54) is 6.33 Å². The second-order valence-electron chi connectivity index (χ2n) is 8.65. The van der Waals surface area contributed by atoms with Crippen molar-refractivity contribution in [2.45, 2.75) is 56.3 Å². The van der Waals surface area contributed by atoms with Gasteiger partial charge < -0.3 is 25.0 Å². The molecular weight excluding hydrogens is 360 g/mol. The van der Waals surface area contributed by atoms with Crippen LogP contribution in [0, 0.1) is 5.92 Å². The number of ether oxygens (including phenoxy) is 1. The second kappa shape index (κ2) is 6.38. The number of nitrogens with one attached hydrogen (secondary N) is 2. The fourth-order valence-corrected chi connectivity index (χ4v) is 4.54. The molecule has 0 aromatic carbocycles. The Labute approximate surface area is 162 Å². The first-order valence-electron chi connectivity index (χ1n) is 10.0. The van der Waals surface area contributed by atoms with E-state index in [9.17, 15) is 9.90 Å². The molecule has 1 spiro atoms. The highest BCUT2D eigenvalue weighted by Crippen LogP contribution is 2.41. The summed E-state index contributed by atoms with van der Waals surface area (Å²) >= 11 is 0. The molecule has 9 heteroatoms. The van der Waals surface area contributed by atoms with Gasteiger partial charge in [0, 0.05) is 25.4 Å². The van der Waals surface area contributed by atoms with Crippen molar-refractivity contribution in [1.82, 2.24) is 25.3 Å². The molecule has 2 saturated heterocycles. The van der Waals surface area contributed by atoms with E-state index in [0.29, 0.717) is 18.7 Å². The summed E-state index contributed by atoms with van der Waals surface area (Å²) in [5.74, 6) is 1.03. The topological polar surface area (TPSA) is 116 Å². The Morgan fingerprint density at radius 1 is 1.32 bits per heavy atom. The molecule has 2 aliphatic heterocycles. The predicted octanol–water partition coefficient (Wildman–Crippen LogP) is 0.758. The maximum absolute atomic E-state index is 12.1. The van der Waals surface area contributed by atoms with Crippen LogP contribution in [0.3, 0.4) is 0 Å². The van der Waals surface area contributed by atoms with Crippen LogP contribution in [0.4, 0.5) is 5.82 Å². The number of anilines is 1. The van der Waals surface area contributed by atoms with Crippen LogP contribution >= 0.6 is 0 Å². The van der Waals surface area contributed by atoms with E-state index >= 15 is 0 Å². The number of nitrogens with zero attached hydrogens (tertiary/aromatic N) is 4. The lowest BCUT2D eigenvalue weighted by Crippen LogP contribution is -2.64. The molecule has 9 nitrogen and oxygen atoms in total. The van der Waals surface area contributed by atoms with Gasteiger partial charge in [0.25, 0.3) is 0 Å². The number of piperidine rings is 1. The summed E-state index contributed by atoms with van der Waals surface area (Å²) in [6, 6.07) is -0.351. The van der Waals surface area contributed by atoms with Crippen molar-refractivity contribution in [2.24, 2.45) is 5.92 Å². The van der Waals surface area contributed by atoms with E-state index in [4.69, 9.17) is 4.74 Å². The van der Waals surface area contributed by atoms with Gasteiger partial charge in [0.15, 0.2) is 11.5 Å². The molecule has 0 radical (unpaired) electrons. The van der Waals surface area contributed by atoms with Crippen molar-refractivity contribution >= 4 is 22.9 Å². The lowest BCUT2D eigenvalue weighted by Gasteiger charge is -2.51. The average molecular weight is 386 g/mol. The van der Waals surface area contributed by atoms with Gasteiger partial charge in [0.2, 0.25) is 5.91 Å². The molecule has 3 fully saturated rings. The standard InChI is InChI=1S/C19H26N6O3/c1-18(27)9-19(28-8-13(18)24-17(26)12-2-3-12)4-6-25(7-5-19)16-14-15(21-10-20-14)22-11-23-16/h10-13,27H,2-9H2,1H3,(H,24,26)(H,20,21,22,23)/t13-,18-/m0/s1. The predicted molar refractivity (Wildman–Crippen MR) is 102 cm³/mol. The highest BCUT2D eigenvalue weighted by molar-refractivity contribution is 5.82. The Hall–Kier alpha value is -2.26. The van der Waals surface area contributed by atoms with E-state index in [1.54, 1.807) is 6.33 Å².